The fourth-order valence-corrected chi connectivity index (χ4v) is 1.85. The number of halogens is 4. The van der Waals surface area contributed by atoms with E-state index in [0.717, 1.165) is 0 Å². The van der Waals surface area contributed by atoms with Crippen molar-refractivity contribution in [3.8, 4) is 0 Å². The Morgan fingerprint density at radius 3 is 1.93 bits per heavy atom. The Balaban J connectivity index is 2.81. The Labute approximate surface area is 90.8 Å². The molecular weight excluding hydrogens is 320 g/mol. The Morgan fingerprint density at radius 2 is 1.50 bits per heavy atom. The van der Waals surface area contributed by atoms with Gasteiger partial charge in [0.1, 0.15) is 22.4 Å². The molecule has 1 aliphatic heterocycles. The lowest BCUT2D eigenvalue weighted by molar-refractivity contribution is -0.294. The molecule has 84 valence electrons. The maximum Gasteiger partial charge on any atom is 0.417 e. The zero-order valence-electron chi connectivity index (χ0n) is 6.65. The first-order chi connectivity index (χ1) is 6.25. The second-order valence-corrected chi connectivity index (χ2v) is 4.15. The van der Waals surface area contributed by atoms with E-state index in [0.29, 0.717) is 0 Å². The fourth-order valence-electron chi connectivity index (χ4n) is 1.11. The van der Waals surface area contributed by atoms with Gasteiger partial charge in [-0.3, -0.25) is 0 Å². The number of hydrogen-bond donors (Lipinski definition) is 3. The monoisotopic (exact) mass is 328 g/mol. The second kappa shape index (κ2) is 4.08. The molecule has 0 radical (unpaired) electrons. The third-order valence-corrected chi connectivity index (χ3v) is 2.91. The van der Waals surface area contributed by atoms with Gasteiger partial charge in [0.25, 0.3) is 0 Å². The molecule has 1 rings (SSSR count). The Kier molecular flexibility index (Phi) is 3.62. The van der Waals surface area contributed by atoms with Crippen LogP contribution in [0.15, 0.2) is 0 Å². The summed E-state index contributed by atoms with van der Waals surface area (Å²) < 4.78 is 39.7. The minimum absolute atomic E-state index is 1.20. The van der Waals surface area contributed by atoms with Gasteiger partial charge in [-0.05, 0) is 22.6 Å². The van der Waals surface area contributed by atoms with E-state index in [9.17, 15) is 13.2 Å². The van der Waals surface area contributed by atoms with Gasteiger partial charge in [-0.25, -0.2) is 0 Å². The number of aliphatic hydroxyl groups is 3. The van der Waals surface area contributed by atoms with Crippen LogP contribution >= 0.6 is 22.6 Å². The van der Waals surface area contributed by atoms with Gasteiger partial charge in [0.15, 0.2) is 6.10 Å². The normalized spacial score (nSPS) is 45.2. The highest BCUT2D eigenvalue weighted by Crippen LogP contribution is 2.34. The summed E-state index contributed by atoms with van der Waals surface area (Å²) in [6.07, 6.45) is -12.7. The van der Waals surface area contributed by atoms with Gasteiger partial charge in [-0.2, -0.15) is 13.2 Å². The highest BCUT2D eigenvalue weighted by Gasteiger charge is 2.54. The number of hydrogen-bond acceptors (Lipinski definition) is 4. The summed E-state index contributed by atoms with van der Waals surface area (Å²) >= 11 is 1.42. The summed E-state index contributed by atoms with van der Waals surface area (Å²) in [5, 5.41) is 27.2. The molecule has 4 nitrogen and oxygen atoms in total. The van der Waals surface area contributed by atoms with E-state index in [1.807, 2.05) is 0 Å². The molecule has 0 amide bonds. The molecule has 0 aromatic heterocycles. The van der Waals surface area contributed by atoms with E-state index in [1.54, 1.807) is 0 Å². The maximum absolute atomic E-state index is 12.2. The minimum Gasteiger partial charge on any atom is -0.387 e. The van der Waals surface area contributed by atoms with Gasteiger partial charge in [-0.15, -0.1) is 0 Å². The molecule has 3 N–H and O–H groups in total. The van der Waals surface area contributed by atoms with E-state index in [4.69, 9.17) is 15.3 Å². The SMILES string of the molecule is OC1C(I)OC(C(F)(F)F)C(O)C1O. The van der Waals surface area contributed by atoms with Crippen LogP contribution in [0.25, 0.3) is 0 Å². The van der Waals surface area contributed by atoms with Crippen LogP contribution < -0.4 is 0 Å². The minimum atomic E-state index is -4.76. The van der Waals surface area contributed by atoms with Crippen LogP contribution in [0.1, 0.15) is 0 Å². The third kappa shape index (κ3) is 2.30. The van der Waals surface area contributed by atoms with Crippen molar-refractivity contribution in [2.45, 2.75) is 34.7 Å². The van der Waals surface area contributed by atoms with E-state index < -0.39 is 34.7 Å². The van der Waals surface area contributed by atoms with Crippen LogP contribution in [-0.2, 0) is 4.74 Å². The lowest BCUT2D eigenvalue weighted by atomic mass is 10.00. The third-order valence-electron chi connectivity index (χ3n) is 1.88. The molecule has 0 aromatic carbocycles. The molecule has 0 saturated carbocycles. The van der Waals surface area contributed by atoms with Crippen LogP contribution in [-0.4, -0.2) is 50.0 Å². The van der Waals surface area contributed by atoms with Crippen LogP contribution in [0, 0.1) is 0 Å². The van der Waals surface area contributed by atoms with Crippen LogP contribution in [0.4, 0.5) is 13.2 Å². The molecule has 0 aliphatic carbocycles. The summed E-state index contributed by atoms with van der Waals surface area (Å²) in [5.74, 6) is 0. The molecule has 8 heteroatoms. The van der Waals surface area contributed by atoms with Crippen molar-refractivity contribution in [1.29, 1.82) is 0 Å². The zero-order valence-corrected chi connectivity index (χ0v) is 8.81. The smallest absolute Gasteiger partial charge is 0.387 e. The van der Waals surface area contributed by atoms with Crippen LogP contribution in [0.3, 0.4) is 0 Å². The van der Waals surface area contributed by atoms with Crippen molar-refractivity contribution in [2.24, 2.45) is 0 Å². The van der Waals surface area contributed by atoms with Crippen LogP contribution in [0.5, 0.6) is 0 Å². The Morgan fingerprint density at radius 1 is 1.00 bits per heavy atom. The predicted octanol–water partition coefficient (Wildman–Crippen LogP) is -0.209. The molecule has 5 atom stereocenters. The molecular formula is C6H8F3IO4. The molecule has 1 heterocycles. The lowest BCUT2D eigenvalue weighted by Gasteiger charge is -2.38. The van der Waals surface area contributed by atoms with E-state index in [2.05, 4.69) is 4.74 Å². The number of aliphatic hydroxyl groups excluding tert-OH is 3. The van der Waals surface area contributed by atoms with Gasteiger partial charge in [0, 0.05) is 0 Å². The lowest BCUT2D eigenvalue weighted by Crippen LogP contribution is -2.60. The molecule has 1 aliphatic rings. The van der Waals surface area contributed by atoms with Crippen molar-refractivity contribution in [3.63, 3.8) is 0 Å². The first kappa shape index (κ1) is 12.4. The molecule has 1 fully saturated rings. The van der Waals surface area contributed by atoms with Crippen molar-refractivity contribution in [2.75, 3.05) is 0 Å². The number of alkyl halides is 4. The Bertz CT molecular complexity index is 212. The summed E-state index contributed by atoms with van der Waals surface area (Å²) in [6, 6.07) is 0. The van der Waals surface area contributed by atoms with Crippen molar-refractivity contribution >= 4 is 22.6 Å². The average Bonchev–Trinajstić information content (AvgIpc) is 2.06. The highest BCUT2D eigenvalue weighted by molar-refractivity contribution is 14.1. The van der Waals surface area contributed by atoms with E-state index in [1.165, 1.54) is 22.6 Å². The Hall–Kier alpha value is 0.360. The topological polar surface area (TPSA) is 69.9 Å². The van der Waals surface area contributed by atoms with Gasteiger partial charge >= 0.3 is 6.18 Å². The summed E-state index contributed by atoms with van der Waals surface area (Å²) in [6.45, 7) is 0. The summed E-state index contributed by atoms with van der Waals surface area (Å²) in [7, 11) is 0. The summed E-state index contributed by atoms with van der Waals surface area (Å²) in [4.78, 5) is 0. The van der Waals surface area contributed by atoms with E-state index in [-0.39, 0.29) is 0 Å². The van der Waals surface area contributed by atoms with Gasteiger partial charge in [0.2, 0.25) is 0 Å². The van der Waals surface area contributed by atoms with Crippen molar-refractivity contribution in [1.82, 2.24) is 0 Å². The molecule has 0 spiro atoms. The van der Waals surface area contributed by atoms with Gasteiger partial charge in [0.05, 0.1) is 0 Å². The second-order valence-electron chi connectivity index (χ2n) is 2.92. The molecule has 0 bridgehead atoms. The fraction of sp³-hybridized carbons (Fsp3) is 1.00. The summed E-state index contributed by atoms with van der Waals surface area (Å²) in [5.41, 5.74) is 0. The van der Waals surface area contributed by atoms with Gasteiger partial charge in [-0.1, -0.05) is 0 Å². The largest absolute Gasteiger partial charge is 0.417 e. The number of rotatable bonds is 0. The zero-order chi connectivity index (χ0) is 11.1. The quantitative estimate of drug-likeness (QED) is 0.425. The van der Waals surface area contributed by atoms with E-state index >= 15 is 0 Å². The first-order valence-electron chi connectivity index (χ1n) is 3.65. The average molecular weight is 328 g/mol. The highest BCUT2D eigenvalue weighted by atomic mass is 127. The first-order valence-corrected chi connectivity index (χ1v) is 4.90. The molecule has 1 saturated heterocycles. The van der Waals surface area contributed by atoms with Crippen molar-refractivity contribution < 1.29 is 33.2 Å². The number of ether oxygens (including phenoxy) is 1. The van der Waals surface area contributed by atoms with Crippen molar-refractivity contribution in [3.05, 3.63) is 0 Å². The maximum atomic E-state index is 12.2. The molecule has 14 heavy (non-hydrogen) atoms. The van der Waals surface area contributed by atoms with Crippen LogP contribution in [0.2, 0.25) is 0 Å². The standard InChI is InChI=1S/C6H8F3IO4/c7-6(8,9)4-2(12)1(11)3(13)5(10)14-4/h1-5,11-13H. The predicted molar refractivity (Wildman–Crippen MR) is 46.8 cm³/mol. The molecule has 0 aromatic rings. The molecule has 5 unspecified atom stereocenters. The van der Waals surface area contributed by atoms with Gasteiger partial charge < -0.3 is 20.1 Å².